The van der Waals surface area contributed by atoms with Gasteiger partial charge in [0.15, 0.2) is 0 Å². The number of amides is 1. The van der Waals surface area contributed by atoms with Gasteiger partial charge in [-0.25, -0.2) is 4.79 Å². The topological polar surface area (TPSA) is 92.7 Å². The molecular weight excluding hydrogens is 274 g/mol. The van der Waals surface area contributed by atoms with Crippen molar-refractivity contribution >= 4 is 17.8 Å². The van der Waals surface area contributed by atoms with Crippen LogP contribution < -0.4 is 5.32 Å². The van der Waals surface area contributed by atoms with Gasteiger partial charge in [-0.1, -0.05) is 6.42 Å². The van der Waals surface area contributed by atoms with E-state index in [1.807, 2.05) is 0 Å². The monoisotopic (exact) mass is 297 g/mol. The summed E-state index contributed by atoms with van der Waals surface area (Å²) >= 11 is 0. The lowest BCUT2D eigenvalue weighted by Crippen LogP contribution is -2.42. The first-order chi connectivity index (χ1) is 9.99. The minimum atomic E-state index is -1.11. The molecule has 2 N–H and O–H groups in total. The fourth-order valence-electron chi connectivity index (χ4n) is 3.74. The third-order valence-electron chi connectivity index (χ3n) is 4.83. The molecule has 0 aromatic carbocycles. The SMILES string of the molecule is COC(=O)CC[C@@H](NC(=O)CC1CC2CCC1C2)C(=O)O. The number of carboxylic acids is 1. The number of rotatable bonds is 7. The molecule has 4 atom stereocenters. The molecule has 0 saturated heterocycles. The molecule has 6 heteroatoms. The molecule has 0 aliphatic heterocycles. The molecule has 0 radical (unpaired) electrons. The summed E-state index contributed by atoms with van der Waals surface area (Å²) in [7, 11) is 1.26. The number of fused-ring (bicyclic) bond motifs is 2. The van der Waals surface area contributed by atoms with Gasteiger partial charge in [0.2, 0.25) is 5.91 Å². The van der Waals surface area contributed by atoms with E-state index in [1.54, 1.807) is 0 Å². The Morgan fingerprint density at radius 2 is 2.05 bits per heavy atom. The van der Waals surface area contributed by atoms with Crippen molar-refractivity contribution in [2.75, 3.05) is 7.11 Å². The van der Waals surface area contributed by atoms with E-state index < -0.39 is 18.0 Å². The molecule has 2 aliphatic carbocycles. The highest BCUT2D eigenvalue weighted by atomic mass is 16.5. The zero-order chi connectivity index (χ0) is 15.4. The van der Waals surface area contributed by atoms with Crippen LogP contribution in [0.4, 0.5) is 0 Å². The second kappa shape index (κ2) is 6.91. The molecule has 2 saturated carbocycles. The standard InChI is InChI=1S/C15H23NO5/c1-21-14(18)5-4-12(15(19)20)16-13(17)8-11-7-9-2-3-10(11)6-9/h9-12H,2-8H2,1H3,(H,16,17)(H,19,20)/t9?,10?,11?,12-/m1/s1. The second-order valence-corrected chi connectivity index (χ2v) is 6.21. The molecule has 21 heavy (non-hydrogen) atoms. The number of methoxy groups -OCH3 is 1. The van der Waals surface area contributed by atoms with Gasteiger partial charge in [-0.05, 0) is 43.4 Å². The lowest BCUT2D eigenvalue weighted by Gasteiger charge is -2.22. The van der Waals surface area contributed by atoms with Gasteiger partial charge in [0, 0.05) is 12.8 Å². The number of carbonyl (C=O) groups is 3. The summed E-state index contributed by atoms with van der Waals surface area (Å²) in [6.45, 7) is 0. The van der Waals surface area contributed by atoms with Crippen molar-refractivity contribution in [2.45, 2.75) is 51.0 Å². The summed E-state index contributed by atoms with van der Waals surface area (Å²) < 4.78 is 4.48. The minimum absolute atomic E-state index is 0.0120. The molecule has 2 fully saturated rings. The Morgan fingerprint density at radius 1 is 1.29 bits per heavy atom. The maximum Gasteiger partial charge on any atom is 0.326 e. The van der Waals surface area contributed by atoms with Crippen LogP contribution in [0.5, 0.6) is 0 Å². The number of carboxylic acid groups (broad SMARTS) is 1. The van der Waals surface area contributed by atoms with Crippen LogP contribution in [0.3, 0.4) is 0 Å². The highest BCUT2D eigenvalue weighted by Gasteiger charge is 2.40. The Morgan fingerprint density at radius 3 is 2.57 bits per heavy atom. The normalized spacial score (nSPS) is 28.1. The summed E-state index contributed by atoms with van der Waals surface area (Å²) in [5.74, 6) is 0.00825. The van der Waals surface area contributed by atoms with Gasteiger partial charge in [-0.3, -0.25) is 9.59 Å². The predicted molar refractivity (Wildman–Crippen MR) is 74.4 cm³/mol. The Labute approximate surface area is 124 Å². The number of aliphatic carboxylic acids is 1. The van der Waals surface area contributed by atoms with Crippen molar-refractivity contribution in [3.8, 4) is 0 Å². The van der Waals surface area contributed by atoms with Crippen molar-refractivity contribution in [1.29, 1.82) is 0 Å². The number of nitrogens with one attached hydrogen (secondary N) is 1. The van der Waals surface area contributed by atoms with Gasteiger partial charge in [0.1, 0.15) is 6.04 Å². The van der Waals surface area contributed by atoms with Crippen LogP contribution in [0, 0.1) is 17.8 Å². The molecule has 2 rings (SSSR count). The molecule has 118 valence electrons. The van der Waals surface area contributed by atoms with Crippen LogP contribution >= 0.6 is 0 Å². The Balaban J connectivity index is 1.78. The van der Waals surface area contributed by atoms with Crippen molar-refractivity contribution < 1.29 is 24.2 Å². The lowest BCUT2D eigenvalue weighted by molar-refractivity contribution is -0.144. The van der Waals surface area contributed by atoms with Crippen molar-refractivity contribution in [2.24, 2.45) is 17.8 Å². The second-order valence-electron chi connectivity index (χ2n) is 6.21. The zero-order valence-corrected chi connectivity index (χ0v) is 12.3. The third-order valence-corrected chi connectivity index (χ3v) is 4.83. The smallest absolute Gasteiger partial charge is 0.326 e. The van der Waals surface area contributed by atoms with Crippen LogP contribution in [0.15, 0.2) is 0 Å². The molecule has 0 aromatic rings. The van der Waals surface area contributed by atoms with Gasteiger partial charge < -0.3 is 15.2 Å². The number of ether oxygens (including phenoxy) is 1. The van der Waals surface area contributed by atoms with Gasteiger partial charge in [0.05, 0.1) is 7.11 Å². The van der Waals surface area contributed by atoms with Crippen LogP contribution in [-0.2, 0) is 19.1 Å². The first-order valence-corrected chi connectivity index (χ1v) is 7.58. The highest BCUT2D eigenvalue weighted by molar-refractivity contribution is 5.84. The van der Waals surface area contributed by atoms with Gasteiger partial charge in [-0.15, -0.1) is 0 Å². The average molecular weight is 297 g/mol. The fraction of sp³-hybridized carbons (Fsp3) is 0.800. The van der Waals surface area contributed by atoms with Crippen molar-refractivity contribution in [3.63, 3.8) is 0 Å². The van der Waals surface area contributed by atoms with Gasteiger partial charge in [0.25, 0.3) is 0 Å². The maximum absolute atomic E-state index is 12.0. The van der Waals surface area contributed by atoms with Crippen LogP contribution in [-0.4, -0.2) is 36.1 Å². The van der Waals surface area contributed by atoms with Crippen LogP contribution in [0.1, 0.15) is 44.9 Å². The molecule has 0 aromatic heterocycles. The zero-order valence-electron chi connectivity index (χ0n) is 12.3. The van der Waals surface area contributed by atoms with E-state index in [0.29, 0.717) is 18.3 Å². The van der Waals surface area contributed by atoms with E-state index in [-0.39, 0.29) is 18.7 Å². The summed E-state index contributed by atoms with van der Waals surface area (Å²) in [6.07, 6.45) is 5.25. The number of carbonyl (C=O) groups excluding carboxylic acids is 2. The van der Waals surface area contributed by atoms with Crippen molar-refractivity contribution in [1.82, 2.24) is 5.32 Å². The van der Waals surface area contributed by atoms with Crippen molar-refractivity contribution in [3.05, 3.63) is 0 Å². The molecular formula is C15H23NO5. The molecule has 6 nitrogen and oxygen atoms in total. The fourth-order valence-corrected chi connectivity index (χ4v) is 3.74. The van der Waals surface area contributed by atoms with Crippen LogP contribution in [0.2, 0.25) is 0 Å². The van der Waals surface area contributed by atoms with E-state index in [4.69, 9.17) is 5.11 Å². The predicted octanol–water partition coefficient (Wildman–Crippen LogP) is 1.34. The average Bonchev–Trinajstić information content (AvgIpc) is 3.05. The first-order valence-electron chi connectivity index (χ1n) is 7.58. The number of esters is 1. The minimum Gasteiger partial charge on any atom is -0.480 e. The molecule has 1 amide bonds. The summed E-state index contributed by atoms with van der Waals surface area (Å²) in [6, 6.07) is -1.02. The highest BCUT2D eigenvalue weighted by Crippen LogP contribution is 2.49. The largest absolute Gasteiger partial charge is 0.480 e. The molecule has 0 spiro atoms. The Kier molecular flexibility index (Phi) is 5.20. The summed E-state index contributed by atoms with van der Waals surface area (Å²) in [5.41, 5.74) is 0. The molecule has 2 bridgehead atoms. The van der Waals surface area contributed by atoms with E-state index in [0.717, 1.165) is 12.3 Å². The van der Waals surface area contributed by atoms with E-state index in [1.165, 1.54) is 26.4 Å². The van der Waals surface area contributed by atoms with Gasteiger partial charge in [-0.2, -0.15) is 0 Å². The lowest BCUT2D eigenvalue weighted by atomic mass is 9.86. The van der Waals surface area contributed by atoms with Gasteiger partial charge >= 0.3 is 11.9 Å². The summed E-state index contributed by atoms with van der Waals surface area (Å²) in [4.78, 5) is 34.2. The van der Waals surface area contributed by atoms with E-state index >= 15 is 0 Å². The number of hydrogen-bond donors (Lipinski definition) is 2. The first kappa shape index (κ1) is 15.8. The van der Waals surface area contributed by atoms with E-state index in [2.05, 4.69) is 10.1 Å². The molecule has 3 unspecified atom stereocenters. The molecule has 0 heterocycles. The maximum atomic E-state index is 12.0. The number of hydrogen-bond acceptors (Lipinski definition) is 4. The molecule has 2 aliphatic rings. The third kappa shape index (κ3) is 4.19. The summed E-state index contributed by atoms with van der Waals surface area (Å²) in [5, 5.41) is 11.6. The van der Waals surface area contributed by atoms with Crippen LogP contribution in [0.25, 0.3) is 0 Å². The Bertz CT molecular complexity index is 422. The Hall–Kier alpha value is -1.59. The van der Waals surface area contributed by atoms with E-state index in [9.17, 15) is 14.4 Å². The quantitative estimate of drug-likeness (QED) is 0.692.